The fraction of sp³-hybridized carbons (Fsp3) is 0.150. The molecule has 2 aromatic carbocycles. The predicted molar refractivity (Wildman–Crippen MR) is 100 cm³/mol. The van der Waals surface area contributed by atoms with E-state index in [1.165, 1.54) is 12.1 Å². The van der Waals surface area contributed by atoms with E-state index in [0.717, 1.165) is 11.1 Å². The molecule has 5 nitrogen and oxygen atoms in total. The molecular weight excluding hydrogens is 331 g/mol. The normalized spacial score (nSPS) is 10.5. The summed E-state index contributed by atoms with van der Waals surface area (Å²) in [6.07, 6.45) is 0. The largest absolute Gasteiger partial charge is 0.340 e. The molecular formula is C20H19FN4O. The van der Waals surface area contributed by atoms with Gasteiger partial charge in [-0.2, -0.15) is 0 Å². The lowest BCUT2D eigenvalue weighted by Crippen LogP contribution is -2.15. The summed E-state index contributed by atoms with van der Waals surface area (Å²) in [6.45, 7) is 5.72. The van der Waals surface area contributed by atoms with Gasteiger partial charge in [-0.3, -0.25) is 4.79 Å². The standard InChI is InChI=1S/C20H19FN4O/c1-12-4-7-17(10-13(12)2)25-20(26)18-11-19(23-14(3)22-18)24-16-8-5-15(21)6-9-16/h4-11H,1-3H3,(H,25,26)(H,22,23,24). The van der Waals surface area contributed by atoms with E-state index < -0.39 is 0 Å². The summed E-state index contributed by atoms with van der Waals surface area (Å²) < 4.78 is 13.0. The number of halogens is 1. The van der Waals surface area contributed by atoms with E-state index in [0.29, 0.717) is 23.0 Å². The fourth-order valence-corrected chi connectivity index (χ4v) is 2.44. The van der Waals surface area contributed by atoms with Crippen molar-refractivity contribution in [1.29, 1.82) is 0 Å². The van der Waals surface area contributed by atoms with Gasteiger partial charge in [0.15, 0.2) is 0 Å². The molecule has 3 aromatic rings. The Balaban J connectivity index is 1.80. The molecule has 2 N–H and O–H groups in total. The molecule has 0 aliphatic heterocycles. The van der Waals surface area contributed by atoms with Crippen LogP contribution in [0.3, 0.4) is 0 Å². The number of amides is 1. The Hall–Kier alpha value is -3.28. The third kappa shape index (κ3) is 4.22. The van der Waals surface area contributed by atoms with E-state index >= 15 is 0 Å². The van der Waals surface area contributed by atoms with Crippen LogP contribution in [0.25, 0.3) is 0 Å². The van der Waals surface area contributed by atoms with Gasteiger partial charge in [-0.15, -0.1) is 0 Å². The second-order valence-electron chi connectivity index (χ2n) is 6.07. The van der Waals surface area contributed by atoms with Crippen LogP contribution in [-0.4, -0.2) is 15.9 Å². The van der Waals surface area contributed by atoms with Crippen LogP contribution in [0.1, 0.15) is 27.4 Å². The van der Waals surface area contributed by atoms with Crippen LogP contribution < -0.4 is 10.6 Å². The molecule has 1 aromatic heterocycles. The predicted octanol–water partition coefficient (Wildman–Crippen LogP) is 4.54. The van der Waals surface area contributed by atoms with Crippen molar-refractivity contribution in [3.8, 4) is 0 Å². The van der Waals surface area contributed by atoms with Gasteiger partial charge in [0.05, 0.1) is 0 Å². The van der Waals surface area contributed by atoms with E-state index in [9.17, 15) is 9.18 Å². The van der Waals surface area contributed by atoms with Gasteiger partial charge in [0.2, 0.25) is 0 Å². The third-order valence-electron chi connectivity index (χ3n) is 3.95. The first kappa shape index (κ1) is 17.5. The Labute approximate surface area is 151 Å². The Morgan fingerprint density at radius 2 is 1.58 bits per heavy atom. The van der Waals surface area contributed by atoms with Crippen molar-refractivity contribution in [1.82, 2.24) is 9.97 Å². The van der Waals surface area contributed by atoms with Gasteiger partial charge in [-0.25, -0.2) is 14.4 Å². The van der Waals surface area contributed by atoms with Crippen molar-refractivity contribution in [3.63, 3.8) is 0 Å². The topological polar surface area (TPSA) is 66.9 Å². The van der Waals surface area contributed by atoms with Gasteiger partial charge >= 0.3 is 0 Å². The van der Waals surface area contributed by atoms with Crippen molar-refractivity contribution in [3.05, 3.63) is 77.0 Å². The summed E-state index contributed by atoms with van der Waals surface area (Å²) in [5, 5.41) is 5.90. The minimum atomic E-state index is -0.319. The van der Waals surface area contributed by atoms with Gasteiger partial charge < -0.3 is 10.6 Å². The lowest BCUT2D eigenvalue weighted by Gasteiger charge is -2.10. The number of benzene rings is 2. The van der Waals surface area contributed by atoms with Crippen molar-refractivity contribution >= 4 is 23.1 Å². The van der Waals surface area contributed by atoms with E-state index in [-0.39, 0.29) is 17.4 Å². The molecule has 0 aliphatic rings. The number of aromatic nitrogens is 2. The molecule has 26 heavy (non-hydrogen) atoms. The second kappa shape index (κ2) is 7.31. The maximum absolute atomic E-state index is 13.0. The zero-order valence-corrected chi connectivity index (χ0v) is 14.8. The van der Waals surface area contributed by atoms with Gasteiger partial charge in [0.25, 0.3) is 5.91 Å². The quantitative estimate of drug-likeness (QED) is 0.725. The molecule has 0 fully saturated rings. The number of aryl methyl sites for hydroxylation is 3. The highest BCUT2D eigenvalue weighted by atomic mass is 19.1. The van der Waals surface area contributed by atoms with Gasteiger partial charge in [-0.1, -0.05) is 6.07 Å². The molecule has 0 spiro atoms. The summed E-state index contributed by atoms with van der Waals surface area (Å²) >= 11 is 0. The highest BCUT2D eigenvalue weighted by molar-refractivity contribution is 6.03. The van der Waals surface area contributed by atoms with Gasteiger partial charge in [0.1, 0.15) is 23.2 Å². The van der Waals surface area contributed by atoms with Crippen LogP contribution in [0.2, 0.25) is 0 Å². The van der Waals surface area contributed by atoms with Gasteiger partial charge in [-0.05, 0) is 68.3 Å². The van der Waals surface area contributed by atoms with Crippen LogP contribution in [0.15, 0.2) is 48.5 Å². The molecule has 0 saturated heterocycles. The second-order valence-corrected chi connectivity index (χ2v) is 6.07. The minimum Gasteiger partial charge on any atom is -0.340 e. The molecule has 1 amide bonds. The highest BCUT2D eigenvalue weighted by Gasteiger charge is 2.11. The van der Waals surface area contributed by atoms with E-state index in [1.807, 2.05) is 32.0 Å². The molecule has 6 heteroatoms. The van der Waals surface area contributed by atoms with Crippen LogP contribution in [0.4, 0.5) is 21.6 Å². The summed E-state index contributed by atoms with van der Waals surface area (Å²) in [5.41, 5.74) is 3.89. The van der Waals surface area contributed by atoms with Crippen LogP contribution in [0, 0.1) is 26.6 Å². The molecule has 0 atom stereocenters. The summed E-state index contributed by atoms with van der Waals surface area (Å²) in [6, 6.07) is 13.2. The smallest absolute Gasteiger partial charge is 0.274 e. The number of carbonyl (C=O) groups is 1. The molecule has 0 aliphatic carbocycles. The van der Waals surface area contributed by atoms with E-state index in [2.05, 4.69) is 20.6 Å². The molecule has 1 heterocycles. The molecule has 0 bridgehead atoms. The first-order valence-electron chi connectivity index (χ1n) is 8.17. The lowest BCUT2D eigenvalue weighted by atomic mass is 10.1. The molecule has 0 unspecified atom stereocenters. The number of nitrogens with one attached hydrogen (secondary N) is 2. The maximum atomic E-state index is 13.0. The Kier molecular flexibility index (Phi) is 4.93. The van der Waals surface area contributed by atoms with Crippen molar-refractivity contribution in [2.24, 2.45) is 0 Å². The molecule has 132 valence electrons. The Morgan fingerprint density at radius 1 is 0.885 bits per heavy atom. The highest BCUT2D eigenvalue weighted by Crippen LogP contribution is 2.18. The first-order valence-corrected chi connectivity index (χ1v) is 8.17. The fourth-order valence-electron chi connectivity index (χ4n) is 2.44. The zero-order valence-electron chi connectivity index (χ0n) is 14.8. The number of hydrogen-bond acceptors (Lipinski definition) is 4. The van der Waals surface area contributed by atoms with Crippen molar-refractivity contribution < 1.29 is 9.18 Å². The first-order chi connectivity index (χ1) is 12.4. The maximum Gasteiger partial charge on any atom is 0.274 e. The van der Waals surface area contributed by atoms with Crippen LogP contribution in [0.5, 0.6) is 0 Å². The number of anilines is 3. The number of rotatable bonds is 4. The van der Waals surface area contributed by atoms with Crippen LogP contribution in [-0.2, 0) is 0 Å². The molecule has 3 rings (SSSR count). The van der Waals surface area contributed by atoms with Crippen LogP contribution >= 0.6 is 0 Å². The average Bonchev–Trinajstić information content (AvgIpc) is 2.60. The summed E-state index contributed by atoms with van der Waals surface area (Å²) in [7, 11) is 0. The summed E-state index contributed by atoms with van der Waals surface area (Å²) in [4.78, 5) is 21.0. The molecule has 0 radical (unpaired) electrons. The monoisotopic (exact) mass is 350 g/mol. The Morgan fingerprint density at radius 3 is 2.27 bits per heavy atom. The SMILES string of the molecule is Cc1nc(Nc2ccc(F)cc2)cc(C(=O)Nc2ccc(C)c(C)c2)n1. The number of nitrogens with zero attached hydrogens (tertiary/aromatic N) is 2. The van der Waals surface area contributed by atoms with E-state index in [4.69, 9.17) is 0 Å². The Bertz CT molecular complexity index is 955. The van der Waals surface area contributed by atoms with Crippen molar-refractivity contribution in [2.75, 3.05) is 10.6 Å². The lowest BCUT2D eigenvalue weighted by molar-refractivity contribution is 0.102. The minimum absolute atomic E-state index is 0.250. The average molecular weight is 350 g/mol. The summed E-state index contributed by atoms with van der Waals surface area (Å²) in [5.74, 6) is 0.292. The number of carbonyl (C=O) groups excluding carboxylic acids is 1. The number of hydrogen-bond donors (Lipinski definition) is 2. The zero-order chi connectivity index (χ0) is 18.7. The molecule has 0 saturated carbocycles. The van der Waals surface area contributed by atoms with Crippen molar-refractivity contribution in [2.45, 2.75) is 20.8 Å². The van der Waals surface area contributed by atoms with Gasteiger partial charge in [0, 0.05) is 17.4 Å². The van der Waals surface area contributed by atoms with E-state index in [1.54, 1.807) is 25.1 Å². The third-order valence-corrected chi connectivity index (χ3v) is 3.95.